The molecule has 6 nitrogen and oxygen atoms in total. The second-order valence-corrected chi connectivity index (χ2v) is 6.22. The Labute approximate surface area is 121 Å². The summed E-state index contributed by atoms with van der Waals surface area (Å²) in [5.41, 5.74) is 5.79. The number of nitrogens with zero attached hydrogens (tertiary/aromatic N) is 2. The Hall–Kier alpha value is -1.47. The molecule has 1 aliphatic rings. The molecule has 7 heteroatoms. The van der Waals surface area contributed by atoms with Gasteiger partial charge < -0.3 is 10.6 Å². The maximum Gasteiger partial charge on any atom is 0.324 e. The van der Waals surface area contributed by atoms with Gasteiger partial charge in [-0.1, -0.05) is 24.2 Å². The first-order valence-corrected chi connectivity index (χ1v) is 7.57. The molecule has 0 bridgehead atoms. The maximum absolute atomic E-state index is 12.4. The summed E-state index contributed by atoms with van der Waals surface area (Å²) in [5.74, 6) is 0.182. The standard InChI is InChI=1S/C13H19N3O3S/c1-15(10-5-3-2-4-9(10)8-14)13(17)11-6-7-12(20-11)16(18)19/h6-7,9-10H,2-5,8,14H2,1H3. The zero-order valence-corrected chi connectivity index (χ0v) is 12.3. The number of nitro groups is 1. The van der Waals surface area contributed by atoms with Gasteiger partial charge in [0.1, 0.15) is 0 Å². The topological polar surface area (TPSA) is 89.5 Å². The molecule has 1 heterocycles. The van der Waals surface area contributed by atoms with Gasteiger partial charge in [0.15, 0.2) is 0 Å². The fourth-order valence-corrected chi connectivity index (χ4v) is 3.64. The van der Waals surface area contributed by atoms with Crippen molar-refractivity contribution in [3.63, 3.8) is 0 Å². The second kappa shape index (κ2) is 6.32. The fraction of sp³-hybridized carbons (Fsp3) is 0.615. The van der Waals surface area contributed by atoms with Crippen molar-refractivity contribution in [1.82, 2.24) is 4.90 Å². The van der Waals surface area contributed by atoms with E-state index in [-0.39, 0.29) is 17.0 Å². The van der Waals surface area contributed by atoms with E-state index in [1.54, 1.807) is 11.9 Å². The van der Waals surface area contributed by atoms with Crippen molar-refractivity contribution in [2.75, 3.05) is 13.6 Å². The minimum Gasteiger partial charge on any atom is -0.338 e. The molecule has 1 aliphatic carbocycles. The highest BCUT2D eigenvalue weighted by atomic mass is 32.1. The number of rotatable bonds is 4. The molecule has 1 aromatic heterocycles. The molecule has 2 rings (SSSR count). The minimum atomic E-state index is -0.468. The third-order valence-electron chi connectivity index (χ3n) is 3.97. The van der Waals surface area contributed by atoms with Crippen LogP contribution in [0.3, 0.4) is 0 Å². The van der Waals surface area contributed by atoms with Crippen LogP contribution in [0.25, 0.3) is 0 Å². The Morgan fingerprint density at radius 1 is 1.50 bits per heavy atom. The molecule has 20 heavy (non-hydrogen) atoms. The van der Waals surface area contributed by atoms with Gasteiger partial charge >= 0.3 is 5.00 Å². The lowest BCUT2D eigenvalue weighted by atomic mass is 9.83. The Kier molecular flexibility index (Phi) is 4.72. The number of amides is 1. The molecule has 0 aliphatic heterocycles. The Bertz CT molecular complexity index is 503. The molecule has 110 valence electrons. The lowest BCUT2D eigenvalue weighted by Gasteiger charge is -2.37. The van der Waals surface area contributed by atoms with Gasteiger partial charge in [-0.15, -0.1) is 0 Å². The highest BCUT2D eigenvalue weighted by Crippen LogP contribution is 2.30. The predicted molar refractivity (Wildman–Crippen MR) is 77.9 cm³/mol. The first-order chi connectivity index (χ1) is 9.54. The predicted octanol–water partition coefficient (Wildman–Crippen LogP) is 2.25. The normalized spacial score (nSPS) is 22.5. The van der Waals surface area contributed by atoms with Crippen LogP contribution in [-0.2, 0) is 0 Å². The van der Waals surface area contributed by atoms with Crippen LogP contribution in [0.4, 0.5) is 5.00 Å². The van der Waals surface area contributed by atoms with Crippen LogP contribution in [0.2, 0.25) is 0 Å². The van der Waals surface area contributed by atoms with E-state index in [0.717, 1.165) is 37.0 Å². The van der Waals surface area contributed by atoms with Crippen LogP contribution in [0.15, 0.2) is 12.1 Å². The van der Waals surface area contributed by atoms with Crippen LogP contribution < -0.4 is 5.73 Å². The monoisotopic (exact) mass is 297 g/mol. The van der Waals surface area contributed by atoms with Crippen LogP contribution in [0.1, 0.15) is 35.4 Å². The summed E-state index contributed by atoms with van der Waals surface area (Å²) >= 11 is 0.929. The second-order valence-electron chi connectivity index (χ2n) is 5.16. The highest BCUT2D eigenvalue weighted by molar-refractivity contribution is 7.17. The van der Waals surface area contributed by atoms with Gasteiger partial charge in [0.05, 0.1) is 9.80 Å². The third-order valence-corrected chi connectivity index (χ3v) is 5.00. The maximum atomic E-state index is 12.4. The molecule has 0 radical (unpaired) electrons. The van der Waals surface area contributed by atoms with Gasteiger partial charge in [0.25, 0.3) is 5.91 Å². The Morgan fingerprint density at radius 3 is 2.80 bits per heavy atom. The van der Waals surface area contributed by atoms with Crippen molar-refractivity contribution < 1.29 is 9.72 Å². The average molecular weight is 297 g/mol. The first-order valence-electron chi connectivity index (χ1n) is 6.76. The van der Waals surface area contributed by atoms with E-state index >= 15 is 0 Å². The molecule has 0 spiro atoms. The lowest BCUT2D eigenvalue weighted by Crippen LogP contribution is -2.45. The van der Waals surface area contributed by atoms with E-state index < -0.39 is 4.92 Å². The summed E-state index contributed by atoms with van der Waals surface area (Å²) < 4.78 is 0. The smallest absolute Gasteiger partial charge is 0.324 e. The molecule has 0 aromatic carbocycles. The van der Waals surface area contributed by atoms with E-state index in [1.807, 2.05) is 0 Å². The SMILES string of the molecule is CN(C(=O)c1ccc([N+](=O)[O-])s1)C1CCCCC1CN. The molecular weight excluding hydrogens is 278 g/mol. The van der Waals surface area contributed by atoms with Crippen molar-refractivity contribution in [1.29, 1.82) is 0 Å². The molecule has 1 aromatic rings. The molecule has 0 saturated heterocycles. The summed E-state index contributed by atoms with van der Waals surface area (Å²) in [7, 11) is 1.77. The van der Waals surface area contributed by atoms with Crippen LogP contribution in [0, 0.1) is 16.0 Å². The molecule has 2 N–H and O–H groups in total. The summed E-state index contributed by atoms with van der Waals surface area (Å²) in [6, 6.07) is 3.05. The van der Waals surface area contributed by atoms with Crippen LogP contribution in [0.5, 0.6) is 0 Å². The van der Waals surface area contributed by atoms with Crippen molar-refractivity contribution in [2.45, 2.75) is 31.7 Å². The largest absolute Gasteiger partial charge is 0.338 e. The highest BCUT2D eigenvalue weighted by Gasteiger charge is 2.31. The Balaban J connectivity index is 2.12. The van der Waals surface area contributed by atoms with Crippen LogP contribution in [-0.4, -0.2) is 35.4 Å². The van der Waals surface area contributed by atoms with Gasteiger partial charge in [-0.25, -0.2) is 0 Å². The quantitative estimate of drug-likeness (QED) is 0.681. The van der Waals surface area contributed by atoms with Crippen molar-refractivity contribution >= 4 is 22.2 Å². The van der Waals surface area contributed by atoms with Crippen molar-refractivity contribution in [2.24, 2.45) is 11.7 Å². The van der Waals surface area contributed by atoms with E-state index in [1.165, 1.54) is 12.1 Å². The number of hydrogen-bond donors (Lipinski definition) is 1. The molecule has 1 amide bonds. The average Bonchev–Trinajstić information content (AvgIpc) is 2.95. The number of nitrogens with two attached hydrogens (primary N) is 1. The first kappa shape index (κ1) is 14.9. The number of carbonyl (C=O) groups excluding carboxylic acids is 1. The fourth-order valence-electron chi connectivity index (χ4n) is 2.84. The summed E-state index contributed by atoms with van der Waals surface area (Å²) in [5, 5.41) is 10.7. The van der Waals surface area contributed by atoms with E-state index in [4.69, 9.17) is 5.73 Å². The molecule has 1 saturated carbocycles. The van der Waals surface area contributed by atoms with E-state index in [2.05, 4.69) is 0 Å². The molecular formula is C13H19N3O3S. The zero-order chi connectivity index (χ0) is 14.7. The number of hydrogen-bond acceptors (Lipinski definition) is 5. The van der Waals surface area contributed by atoms with Gasteiger partial charge in [0.2, 0.25) is 0 Å². The molecule has 1 fully saturated rings. The van der Waals surface area contributed by atoms with Gasteiger partial charge in [0, 0.05) is 19.2 Å². The van der Waals surface area contributed by atoms with E-state index in [0.29, 0.717) is 17.3 Å². The lowest BCUT2D eigenvalue weighted by molar-refractivity contribution is -0.380. The third kappa shape index (κ3) is 2.99. The number of thiophene rings is 1. The summed E-state index contributed by atoms with van der Waals surface area (Å²) in [6.45, 7) is 0.576. The number of carbonyl (C=O) groups is 1. The van der Waals surface area contributed by atoms with Gasteiger partial charge in [-0.3, -0.25) is 14.9 Å². The molecule has 2 unspecified atom stereocenters. The van der Waals surface area contributed by atoms with Crippen LogP contribution >= 0.6 is 11.3 Å². The van der Waals surface area contributed by atoms with Crippen molar-refractivity contribution in [3.05, 3.63) is 27.1 Å². The minimum absolute atomic E-state index is 0.000712. The molecule has 2 atom stereocenters. The van der Waals surface area contributed by atoms with Crippen molar-refractivity contribution in [3.8, 4) is 0 Å². The van der Waals surface area contributed by atoms with E-state index in [9.17, 15) is 14.9 Å². The summed E-state index contributed by atoms with van der Waals surface area (Å²) in [4.78, 5) is 24.8. The summed E-state index contributed by atoms with van der Waals surface area (Å²) in [6.07, 6.45) is 4.26. The van der Waals surface area contributed by atoms with Gasteiger partial charge in [-0.05, 0) is 31.4 Å². The zero-order valence-electron chi connectivity index (χ0n) is 11.4. The Morgan fingerprint density at radius 2 is 2.20 bits per heavy atom. The van der Waals surface area contributed by atoms with Gasteiger partial charge in [-0.2, -0.15) is 0 Å².